The van der Waals surface area contributed by atoms with E-state index in [1.54, 1.807) is 12.1 Å². The molecule has 1 heterocycles. The monoisotopic (exact) mass is 466 g/mol. The molecule has 1 fully saturated rings. The summed E-state index contributed by atoms with van der Waals surface area (Å²) in [5, 5.41) is 3.32. The van der Waals surface area contributed by atoms with Crippen LogP contribution in [0.4, 0.5) is 0 Å². The van der Waals surface area contributed by atoms with E-state index < -0.39 is 28.5 Å². The van der Waals surface area contributed by atoms with E-state index >= 15 is 0 Å². The minimum Gasteiger partial charge on any atom is -0.452 e. The fourth-order valence-electron chi connectivity index (χ4n) is 2.96. The van der Waals surface area contributed by atoms with Gasteiger partial charge in [0.2, 0.25) is 10.0 Å². The van der Waals surface area contributed by atoms with E-state index in [1.165, 1.54) is 28.6 Å². The molecule has 1 N–H and O–H groups in total. The molecule has 0 saturated carbocycles. The van der Waals surface area contributed by atoms with Crippen molar-refractivity contribution in [2.75, 3.05) is 39.5 Å². The fourth-order valence-corrected chi connectivity index (χ4v) is 4.50. The number of ether oxygens (including phenoxy) is 2. The number of sulfonamides is 1. The van der Waals surface area contributed by atoms with Gasteiger partial charge >= 0.3 is 5.97 Å². The third-order valence-corrected chi connectivity index (χ3v) is 6.85. The van der Waals surface area contributed by atoms with Gasteiger partial charge in [0, 0.05) is 24.7 Å². The van der Waals surface area contributed by atoms with E-state index in [-0.39, 0.29) is 10.5 Å². The van der Waals surface area contributed by atoms with Crippen LogP contribution in [0.2, 0.25) is 5.02 Å². The maximum atomic E-state index is 12.6. The summed E-state index contributed by atoms with van der Waals surface area (Å²) in [6.45, 7) is 1.26. The van der Waals surface area contributed by atoms with Crippen LogP contribution in [0.3, 0.4) is 0 Å². The normalized spacial score (nSPS) is 14.7. The van der Waals surface area contributed by atoms with Crippen LogP contribution in [0, 0.1) is 0 Å². The molecule has 1 amide bonds. The molecule has 8 nitrogen and oxygen atoms in total. The Labute approximate surface area is 186 Å². The maximum Gasteiger partial charge on any atom is 0.338 e. The molecule has 1 aliphatic rings. The Hall–Kier alpha value is -2.46. The summed E-state index contributed by atoms with van der Waals surface area (Å²) in [5.41, 5.74) is 1.18. The maximum absolute atomic E-state index is 12.6. The molecule has 0 aliphatic carbocycles. The lowest BCUT2D eigenvalue weighted by Gasteiger charge is -2.26. The molecule has 0 atom stereocenters. The average Bonchev–Trinajstić information content (AvgIpc) is 2.79. The van der Waals surface area contributed by atoms with Crippen LogP contribution in [-0.2, 0) is 30.7 Å². The molecule has 1 saturated heterocycles. The predicted octanol–water partition coefficient (Wildman–Crippen LogP) is 1.88. The molecule has 1 aliphatic heterocycles. The van der Waals surface area contributed by atoms with E-state index in [2.05, 4.69) is 5.32 Å². The number of carbonyl (C=O) groups is 2. The van der Waals surface area contributed by atoms with Gasteiger partial charge in [0.15, 0.2) is 6.61 Å². The molecule has 0 unspecified atom stereocenters. The van der Waals surface area contributed by atoms with Crippen molar-refractivity contribution in [2.45, 2.75) is 11.3 Å². The Balaban J connectivity index is 1.45. The lowest BCUT2D eigenvalue weighted by molar-refractivity contribution is -0.124. The zero-order chi connectivity index (χ0) is 22.3. The van der Waals surface area contributed by atoms with Gasteiger partial charge in [-0.05, 0) is 48.4 Å². The van der Waals surface area contributed by atoms with Crippen LogP contribution in [0.1, 0.15) is 15.9 Å². The van der Waals surface area contributed by atoms with Gasteiger partial charge < -0.3 is 14.8 Å². The van der Waals surface area contributed by atoms with E-state index in [0.29, 0.717) is 44.3 Å². The number of morpholine rings is 1. The number of rotatable bonds is 8. The number of esters is 1. The minimum absolute atomic E-state index is 0.0888. The summed E-state index contributed by atoms with van der Waals surface area (Å²) in [5.74, 6) is -1.13. The molecule has 2 aromatic carbocycles. The third kappa shape index (κ3) is 6.51. The quantitative estimate of drug-likeness (QED) is 0.596. The van der Waals surface area contributed by atoms with Crippen LogP contribution in [-0.4, -0.2) is 64.1 Å². The van der Waals surface area contributed by atoms with Crippen molar-refractivity contribution < 1.29 is 27.5 Å². The number of hydrogen-bond acceptors (Lipinski definition) is 6. The Morgan fingerprint density at radius 1 is 1.03 bits per heavy atom. The molecule has 0 spiro atoms. The summed E-state index contributed by atoms with van der Waals surface area (Å²) in [6, 6.07) is 12.7. The van der Waals surface area contributed by atoms with Gasteiger partial charge in [-0.1, -0.05) is 23.7 Å². The standard InChI is InChI=1S/C21H23ClN2O6S/c22-18-5-1-16(2-6-18)9-10-23-20(25)15-30-21(26)17-3-7-19(8-4-17)31(27,28)24-11-13-29-14-12-24/h1-8H,9-15H2,(H,23,25). The number of hydrogen-bond donors (Lipinski definition) is 1. The highest BCUT2D eigenvalue weighted by Crippen LogP contribution is 2.18. The first-order valence-electron chi connectivity index (χ1n) is 9.72. The van der Waals surface area contributed by atoms with Crippen molar-refractivity contribution in [3.05, 3.63) is 64.7 Å². The number of amides is 1. The van der Waals surface area contributed by atoms with Crippen LogP contribution < -0.4 is 5.32 Å². The van der Waals surface area contributed by atoms with Crippen LogP contribution in [0.5, 0.6) is 0 Å². The van der Waals surface area contributed by atoms with E-state index in [9.17, 15) is 18.0 Å². The van der Waals surface area contributed by atoms with Crippen molar-refractivity contribution in [3.63, 3.8) is 0 Å². The molecular formula is C21H23ClN2O6S. The zero-order valence-electron chi connectivity index (χ0n) is 16.8. The van der Waals surface area contributed by atoms with Crippen LogP contribution in [0.15, 0.2) is 53.4 Å². The van der Waals surface area contributed by atoms with Gasteiger partial charge in [-0.25, -0.2) is 13.2 Å². The van der Waals surface area contributed by atoms with Crippen molar-refractivity contribution in [1.82, 2.24) is 9.62 Å². The first-order chi connectivity index (χ1) is 14.9. The number of nitrogens with zero attached hydrogens (tertiary/aromatic N) is 1. The van der Waals surface area contributed by atoms with E-state index in [1.807, 2.05) is 12.1 Å². The third-order valence-electron chi connectivity index (χ3n) is 4.68. The summed E-state index contributed by atoms with van der Waals surface area (Å²) >= 11 is 5.83. The highest BCUT2D eigenvalue weighted by atomic mass is 35.5. The van der Waals surface area contributed by atoms with Crippen LogP contribution >= 0.6 is 11.6 Å². The molecule has 31 heavy (non-hydrogen) atoms. The lowest BCUT2D eigenvalue weighted by atomic mass is 10.1. The van der Waals surface area contributed by atoms with Gasteiger partial charge in [-0.15, -0.1) is 0 Å². The Kier molecular flexibility index (Phi) is 8.03. The summed E-state index contributed by atoms with van der Waals surface area (Å²) in [4.78, 5) is 24.1. The Morgan fingerprint density at radius 3 is 2.32 bits per heavy atom. The smallest absolute Gasteiger partial charge is 0.338 e. The van der Waals surface area contributed by atoms with Crippen molar-refractivity contribution >= 4 is 33.5 Å². The van der Waals surface area contributed by atoms with Gasteiger partial charge in [0.1, 0.15) is 0 Å². The first kappa shape index (κ1) is 23.2. The molecule has 0 aromatic heterocycles. The van der Waals surface area contributed by atoms with Gasteiger partial charge in [0.25, 0.3) is 5.91 Å². The lowest BCUT2D eigenvalue weighted by Crippen LogP contribution is -2.40. The second kappa shape index (κ2) is 10.7. The van der Waals surface area contributed by atoms with Crippen molar-refractivity contribution in [3.8, 4) is 0 Å². The summed E-state index contributed by atoms with van der Waals surface area (Å²) in [7, 11) is -3.64. The molecule has 0 bridgehead atoms. The number of halogens is 1. The van der Waals surface area contributed by atoms with E-state index in [4.69, 9.17) is 21.1 Å². The number of nitrogens with one attached hydrogen (secondary N) is 1. The number of carbonyl (C=O) groups excluding carboxylic acids is 2. The second-order valence-electron chi connectivity index (χ2n) is 6.84. The summed E-state index contributed by atoms with van der Waals surface area (Å²) < 4.78 is 36.7. The van der Waals surface area contributed by atoms with Crippen LogP contribution in [0.25, 0.3) is 0 Å². The largest absolute Gasteiger partial charge is 0.452 e. The number of benzene rings is 2. The van der Waals surface area contributed by atoms with Gasteiger partial charge in [-0.3, -0.25) is 4.79 Å². The predicted molar refractivity (Wildman–Crippen MR) is 114 cm³/mol. The van der Waals surface area contributed by atoms with Gasteiger partial charge in [0.05, 0.1) is 23.7 Å². The van der Waals surface area contributed by atoms with Crippen molar-refractivity contribution in [1.29, 1.82) is 0 Å². The average molecular weight is 467 g/mol. The minimum atomic E-state index is -3.64. The van der Waals surface area contributed by atoms with Gasteiger partial charge in [-0.2, -0.15) is 4.31 Å². The molecule has 2 aromatic rings. The van der Waals surface area contributed by atoms with Crippen molar-refractivity contribution in [2.24, 2.45) is 0 Å². The molecular weight excluding hydrogens is 444 g/mol. The molecule has 0 radical (unpaired) electrons. The SMILES string of the molecule is O=C(COC(=O)c1ccc(S(=O)(=O)N2CCOCC2)cc1)NCCc1ccc(Cl)cc1. The zero-order valence-corrected chi connectivity index (χ0v) is 18.3. The molecule has 10 heteroatoms. The highest BCUT2D eigenvalue weighted by Gasteiger charge is 2.26. The first-order valence-corrected chi connectivity index (χ1v) is 11.5. The highest BCUT2D eigenvalue weighted by molar-refractivity contribution is 7.89. The Morgan fingerprint density at radius 2 is 1.68 bits per heavy atom. The molecule has 3 rings (SSSR count). The molecule has 166 valence electrons. The fraction of sp³-hybridized carbons (Fsp3) is 0.333. The van der Waals surface area contributed by atoms with E-state index in [0.717, 1.165) is 5.56 Å². The summed E-state index contributed by atoms with van der Waals surface area (Å²) in [6.07, 6.45) is 0.621. The second-order valence-corrected chi connectivity index (χ2v) is 9.22. The Bertz CT molecular complexity index is 1000. The topological polar surface area (TPSA) is 102 Å².